The molecular weight excluding hydrogens is 435 g/mol. The molecule has 0 bridgehead atoms. The minimum absolute atomic E-state index is 0.0312. The molecule has 1 aromatic rings. The number of nitrogens with two attached hydrogens (primary N) is 1. The van der Waals surface area contributed by atoms with Crippen molar-refractivity contribution in [1.82, 2.24) is 9.88 Å². The first kappa shape index (κ1) is 27.9. The van der Waals surface area contributed by atoms with Gasteiger partial charge in [-0.2, -0.15) is 0 Å². The number of aromatic nitrogens is 1. The summed E-state index contributed by atoms with van der Waals surface area (Å²) in [5, 5.41) is 3.59. The van der Waals surface area contributed by atoms with Gasteiger partial charge in [-0.15, -0.1) is 46.1 Å². The second kappa shape index (κ2) is 18.0. The van der Waals surface area contributed by atoms with Crippen LogP contribution >= 0.6 is 58.4 Å². The summed E-state index contributed by atoms with van der Waals surface area (Å²) >= 11 is 22.1. The fourth-order valence-corrected chi connectivity index (χ4v) is 3.30. The van der Waals surface area contributed by atoms with Crippen molar-refractivity contribution in [2.45, 2.75) is 33.6 Å². The van der Waals surface area contributed by atoms with Crippen LogP contribution in [0.2, 0.25) is 0 Å². The lowest BCUT2D eigenvalue weighted by Crippen LogP contribution is -2.34. The third-order valence-electron chi connectivity index (χ3n) is 3.08. The van der Waals surface area contributed by atoms with E-state index >= 15 is 0 Å². The summed E-state index contributed by atoms with van der Waals surface area (Å²) in [4.78, 5) is 18.4. The monoisotopic (exact) mass is 462 g/mol. The van der Waals surface area contributed by atoms with Crippen LogP contribution in [0.1, 0.15) is 33.4 Å². The number of carbonyl (C=O) groups excluding carboxylic acids is 1. The minimum Gasteiger partial charge on any atom is -0.376 e. The Balaban J connectivity index is 0. The number of thiazole rings is 1. The first-order chi connectivity index (χ1) is 12.3. The highest BCUT2D eigenvalue weighted by molar-refractivity contribution is 7.80. The van der Waals surface area contributed by atoms with Crippen molar-refractivity contribution >= 4 is 74.4 Å². The summed E-state index contributed by atoms with van der Waals surface area (Å²) in [6.07, 6.45) is 0. The highest BCUT2D eigenvalue weighted by Crippen LogP contribution is 2.20. The Kier molecular flexibility index (Phi) is 19.3. The number of anilines is 1. The van der Waals surface area contributed by atoms with E-state index in [9.17, 15) is 4.79 Å². The number of hydrogen-bond donors (Lipinski definition) is 1. The molecule has 0 amide bonds. The molecule has 2 N–H and O–H groups in total. The van der Waals surface area contributed by atoms with Crippen molar-refractivity contribution in [2.75, 3.05) is 42.8 Å². The van der Waals surface area contributed by atoms with Crippen LogP contribution in [0.5, 0.6) is 0 Å². The van der Waals surface area contributed by atoms with E-state index in [2.05, 4.69) is 23.7 Å². The molecule has 0 aliphatic carbocycles. The van der Waals surface area contributed by atoms with Gasteiger partial charge >= 0.3 is 0 Å². The second-order valence-electron chi connectivity index (χ2n) is 4.74. The first-order valence-electron chi connectivity index (χ1n) is 8.28. The second-order valence-corrected chi connectivity index (χ2v) is 6.80. The Labute approximate surface area is 181 Å². The normalized spacial score (nSPS) is 9.35. The summed E-state index contributed by atoms with van der Waals surface area (Å²) in [5.41, 5.74) is 6.29. The molecule has 26 heavy (non-hydrogen) atoms. The molecule has 5 nitrogen and oxygen atoms in total. The highest BCUT2D eigenvalue weighted by Gasteiger charge is 2.06. The molecule has 1 aromatic heterocycles. The molecule has 0 fully saturated rings. The number of thiocarbonyl (C=S) groups is 1. The van der Waals surface area contributed by atoms with Crippen LogP contribution in [0.4, 0.5) is 5.13 Å². The lowest BCUT2D eigenvalue weighted by Gasteiger charge is -2.17. The van der Waals surface area contributed by atoms with Crippen molar-refractivity contribution in [3.05, 3.63) is 11.1 Å². The number of halogens is 3. The van der Waals surface area contributed by atoms with Gasteiger partial charge in [0.2, 0.25) is 0 Å². The quantitative estimate of drug-likeness (QED) is 0.457. The summed E-state index contributed by atoms with van der Waals surface area (Å²) in [5.74, 6) is 0.448. The SMILES string of the molecule is CCN(CC)C(N)=S.CCN(CC)c1nc(CCl)cs1.O=C(CCl)CCl. The molecular formula is C16H29Cl3N4OS2. The van der Waals surface area contributed by atoms with Crippen LogP contribution in [0, 0.1) is 0 Å². The van der Waals surface area contributed by atoms with Crippen LogP contribution in [0.15, 0.2) is 5.38 Å². The lowest BCUT2D eigenvalue weighted by molar-refractivity contribution is -0.114. The molecule has 1 rings (SSSR count). The van der Waals surface area contributed by atoms with Crippen molar-refractivity contribution < 1.29 is 4.79 Å². The van der Waals surface area contributed by atoms with Gasteiger partial charge in [-0.3, -0.25) is 4.79 Å². The topological polar surface area (TPSA) is 62.5 Å². The molecule has 0 atom stereocenters. The maximum absolute atomic E-state index is 9.92. The largest absolute Gasteiger partial charge is 0.376 e. The zero-order valence-electron chi connectivity index (χ0n) is 15.8. The summed E-state index contributed by atoms with van der Waals surface area (Å²) in [6, 6.07) is 0. The lowest BCUT2D eigenvalue weighted by atomic mass is 10.5. The first-order valence-corrected chi connectivity index (χ1v) is 11.2. The van der Waals surface area contributed by atoms with Crippen molar-refractivity contribution in [3.8, 4) is 0 Å². The summed E-state index contributed by atoms with van der Waals surface area (Å²) in [7, 11) is 0. The van der Waals surface area contributed by atoms with E-state index in [4.69, 9.17) is 52.8 Å². The summed E-state index contributed by atoms with van der Waals surface area (Å²) in [6.45, 7) is 12.1. The molecule has 10 heteroatoms. The van der Waals surface area contributed by atoms with Crippen molar-refractivity contribution in [2.24, 2.45) is 5.73 Å². The van der Waals surface area contributed by atoms with Gasteiger partial charge in [0.25, 0.3) is 0 Å². The number of nitrogens with zero attached hydrogens (tertiary/aromatic N) is 3. The Morgan fingerprint density at radius 2 is 1.62 bits per heavy atom. The van der Waals surface area contributed by atoms with Gasteiger partial charge in [0, 0.05) is 31.6 Å². The van der Waals surface area contributed by atoms with Gasteiger partial charge in [0.1, 0.15) is 0 Å². The van der Waals surface area contributed by atoms with E-state index in [-0.39, 0.29) is 17.5 Å². The Morgan fingerprint density at radius 3 is 1.81 bits per heavy atom. The van der Waals surface area contributed by atoms with E-state index in [1.165, 1.54) is 0 Å². The van der Waals surface area contributed by atoms with Crippen LogP contribution in [-0.4, -0.2) is 58.7 Å². The minimum atomic E-state index is -0.127. The molecule has 1 heterocycles. The van der Waals surface area contributed by atoms with Gasteiger partial charge in [0.05, 0.1) is 23.3 Å². The van der Waals surface area contributed by atoms with Crippen LogP contribution in [0.25, 0.3) is 0 Å². The van der Waals surface area contributed by atoms with E-state index in [1.54, 1.807) is 11.3 Å². The molecule has 152 valence electrons. The van der Waals surface area contributed by atoms with Gasteiger partial charge in [-0.05, 0) is 39.9 Å². The van der Waals surface area contributed by atoms with Crippen LogP contribution in [0.3, 0.4) is 0 Å². The van der Waals surface area contributed by atoms with Gasteiger partial charge in [-0.1, -0.05) is 0 Å². The molecule has 0 spiro atoms. The third-order valence-corrected chi connectivity index (χ3v) is 5.16. The average Bonchev–Trinajstić information content (AvgIpc) is 3.13. The standard InChI is InChI=1S/C8H13ClN2S.C5H12N2S.C3H4Cl2O/c1-3-11(4-2)8-10-7(5-9)6-12-8;1-3-7(4-2)5(6)8;4-1-3(6)2-5/h6H,3-5H2,1-2H3;3-4H2,1-2H3,(H2,6,8);1-2H2. The number of hydrogen-bond acceptors (Lipinski definition) is 5. The van der Waals surface area contributed by atoms with Gasteiger partial charge < -0.3 is 15.5 Å². The predicted molar refractivity (Wildman–Crippen MR) is 121 cm³/mol. The van der Waals surface area contributed by atoms with Crippen LogP contribution in [-0.2, 0) is 10.7 Å². The van der Waals surface area contributed by atoms with E-state index < -0.39 is 0 Å². The Hall–Kier alpha value is -0.340. The fraction of sp³-hybridized carbons (Fsp3) is 0.688. The van der Waals surface area contributed by atoms with Crippen LogP contribution < -0.4 is 10.6 Å². The molecule has 0 saturated heterocycles. The zero-order valence-corrected chi connectivity index (χ0v) is 19.7. The maximum Gasteiger partial charge on any atom is 0.185 e. The average molecular weight is 464 g/mol. The fourth-order valence-electron chi connectivity index (χ4n) is 1.57. The van der Waals surface area contributed by atoms with E-state index in [0.717, 1.165) is 37.0 Å². The third kappa shape index (κ3) is 12.9. The smallest absolute Gasteiger partial charge is 0.185 e. The molecule has 0 aliphatic heterocycles. The van der Waals surface area contributed by atoms with E-state index in [1.807, 2.05) is 24.1 Å². The molecule has 0 saturated carbocycles. The van der Waals surface area contributed by atoms with Crippen molar-refractivity contribution in [3.63, 3.8) is 0 Å². The van der Waals surface area contributed by atoms with Crippen molar-refractivity contribution in [1.29, 1.82) is 0 Å². The highest BCUT2D eigenvalue weighted by atomic mass is 35.5. The number of rotatable bonds is 8. The van der Waals surface area contributed by atoms with Gasteiger partial charge in [0.15, 0.2) is 16.0 Å². The summed E-state index contributed by atoms with van der Waals surface area (Å²) < 4.78 is 0. The number of carbonyl (C=O) groups is 1. The molecule has 0 aromatic carbocycles. The Bertz CT molecular complexity index is 490. The van der Waals surface area contributed by atoms with Gasteiger partial charge in [-0.25, -0.2) is 4.98 Å². The predicted octanol–water partition coefficient (Wildman–Crippen LogP) is 4.33. The van der Waals surface area contributed by atoms with E-state index in [0.29, 0.717) is 11.0 Å². The molecule has 0 aliphatic rings. The maximum atomic E-state index is 9.92. The number of Topliss-reactive ketones (excluding diaryl/α,β-unsaturated/α-hetero) is 1. The zero-order chi connectivity index (χ0) is 20.5. The number of alkyl halides is 3. The number of ketones is 1. The Morgan fingerprint density at radius 1 is 1.12 bits per heavy atom. The molecule has 0 radical (unpaired) electrons. The molecule has 0 unspecified atom stereocenters.